The van der Waals surface area contributed by atoms with Crippen molar-refractivity contribution in [1.29, 1.82) is 0 Å². The fraction of sp³-hybridized carbons (Fsp3) is 0.125. The molecule has 0 saturated carbocycles. The normalized spacial score (nSPS) is 15.5. The molecule has 1 aliphatic rings. The molecule has 3 aromatic carbocycles. The maximum absolute atomic E-state index is 13.2. The van der Waals surface area contributed by atoms with Gasteiger partial charge < -0.3 is 4.74 Å². The molecule has 1 heterocycles. The highest BCUT2D eigenvalue weighted by Gasteiger charge is 2.37. The number of ether oxygens (including phenoxy) is 1. The summed E-state index contributed by atoms with van der Waals surface area (Å²) in [4.78, 5) is 39.1. The molecule has 0 bridgehead atoms. The number of barbiturate groups is 1. The number of fused-ring (bicyclic) bond motifs is 1. The summed E-state index contributed by atoms with van der Waals surface area (Å²) >= 11 is 5.91. The molecule has 1 fully saturated rings. The Morgan fingerprint density at radius 3 is 2.48 bits per heavy atom. The van der Waals surface area contributed by atoms with Gasteiger partial charge in [0.05, 0.1) is 12.3 Å². The predicted octanol–water partition coefficient (Wildman–Crippen LogP) is 4.95. The number of benzene rings is 3. The average Bonchev–Trinajstić information content (AvgIpc) is 2.76. The summed E-state index contributed by atoms with van der Waals surface area (Å²) in [7, 11) is 0. The third-order valence-corrected chi connectivity index (χ3v) is 5.12. The molecule has 3 aromatic rings. The van der Waals surface area contributed by atoms with Gasteiger partial charge in [0.15, 0.2) is 0 Å². The second-order valence-corrected chi connectivity index (χ2v) is 7.42. The maximum Gasteiger partial charge on any atom is 0.335 e. The molecule has 0 aliphatic carbocycles. The van der Waals surface area contributed by atoms with Gasteiger partial charge in [0.2, 0.25) is 0 Å². The number of urea groups is 1. The van der Waals surface area contributed by atoms with Crippen molar-refractivity contribution >= 4 is 52.0 Å². The first-order chi connectivity index (χ1) is 15.0. The number of imide groups is 2. The van der Waals surface area contributed by atoms with Gasteiger partial charge >= 0.3 is 6.03 Å². The van der Waals surface area contributed by atoms with Crippen LogP contribution in [0.3, 0.4) is 0 Å². The fourth-order valence-corrected chi connectivity index (χ4v) is 3.51. The van der Waals surface area contributed by atoms with Crippen LogP contribution in [0.1, 0.15) is 18.9 Å². The van der Waals surface area contributed by atoms with E-state index in [1.54, 1.807) is 24.3 Å². The zero-order valence-electron chi connectivity index (χ0n) is 16.7. The maximum atomic E-state index is 13.2. The third-order valence-electron chi connectivity index (χ3n) is 4.87. The molecule has 31 heavy (non-hydrogen) atoms. The van der Waals surface area contributed by atoms with E-state index < -0.39 is 17.8 Å². The number of hydrogen-bond acceptors (Lipinski definition) is 4. The molecule has 1 saturated heterocycles. The van der Waals surface area contributed by atoms with Crippen LogP contribution >= 0.6 is 11.6 Å². The van der Waals surface area contributed by atoms with Crippen LogP contribution in [0.2, 0.25) is 5.02 Å². The monoisotopic (exact) mass is 434 g/mol. The Bertz CT molecular complexity index is 1220. The number of hydrogen-bond donors (Lipinski definition) is 1. The van der Waals surface area contributed by atoms with Crippen molar-refractivity contribution in [3.8, 4) is 5.75 Å². The first kappa shape index (κ1) is 20.6. The highest BCUT2D eigenvalue weighted by atomic mass is 35.5. The molecule has 1 aliphatic heterocycles. The van der Waals surface area contributed by atoms with Crippen molar-refractivity contribution in [3.05, 3.63) is 76.8 Å². The van der Waals surface area contributed by atoms with Gasteiger partial charge in [-0.15, -0.1) is 0 Å². The number of amides is 4. The number of carbonyl (C=O) groups excluding carboxylic acids is 3. The SMILES string of the molecule is CCCOc1ccc2ccccc2c1/C=C1\C(=O)NC(=O)N(c2ccc(Cl)cc2)C1=O. The van der Waals surface area contributed by atoms with Gasteiger partial charge in [-0.2, -0.15) is 0 Å². The lowest BCUT2D eigenvalue weighted by atomic mass is 9.99. The van der Waals surface area contributed by atoms with E-state index >= 15 is 0 Å². The summed E-state index contributed by atoms with van der Waals surface area (Å²) in [6.45, 7) is 2.48. The van der Waals surface area contributed by atoms with Gasteiger partial charge in [-0.1, -0.05) is 48.9 Å². The predicted molar refractivity (Wildman–Crippen MR) is 120 cm³/mol. The smallest absolute Gasteiger partial charge is 0.335 e. The molecule has 7 heteroatoms. The van der Waals surface area contributed by atoms with Gasteiger partial charge in [0.1, 0.15) is 11.3 Å². The summed E-state index contributed by atoms with van der Waals surface area (Å²) in [5.74, 6) is -0.913. The molecule has 4 rings (SSSR count). The molecule has 0 radical (unpaired) electrons. The minimum atomic E-state index is -0.810. The van der Waals surface area contributed by atoms with E-state index in [0.717, 1.165) is 22.1 Å². The lowest BCUT2D eigenvalue weighted by Crippen LogP contribution is -2.54. The van der Waals surface area contributed by atoms with E-state index in [0.29, 0.717) is 28.6 Å². The standard InChI is InChI=1S/C24H19ClN2O4/c1-2-13-31-21-12-7-15-5-3-4-6-18(15)19(21)14-20-22(28)26-24(30)27(23(20)29)17-10-8-16(25)9-11-17/h3-12,14H,2,13H2,1H3,(H,26,28,30)/b20-14+. The zero-order valence-corrected chi connectivity index (χ0v) is 17.5. The minimum Gasteiger partial charge on any atom is -0.493 e. The van der Waals surface area contributed by atoms with E-state index in [1.165, 1.54) is 6.08 Å². The topological polar surface area (TPSA) is 75.7 Å². The molecule has 156 valence electrons. The summed E-state index contributed by atoms with van der Waals surface area (Å²) < 4.78 is 5.87. The molecule has 0 spiro atoms. The van der Waals surface area contributed by atoms with Crippen LogP contribution in [0, 0.1) is 0 Å². The number of carbonyl (C=O) groups is 3. The fourth-order valence-electron chi connectivity index (χ4n) is 3.39. The van der Waals surface area contributed by atoms with E-state index in [-0.39, 0.29) is 5.57 Å². The number of anilines is 1. The van der Waals surface area contributed by atoms with Crippen molar-refractivity contribution in [3.63, 3.8) is 0 Å². The first-order valence-electron chi connectivity index (χ1n) is 9.81. The highest BCUT2D eigenvalue weighted by Crippen LogP contribution is 2.32. The summed E-state index contributed by atoms with van der Waals surface area (Å²) in [5, 5.41) is 4.48. The Morgan fingerprint density at radius 1 is 1.00 bits per heavy atom. The Hall–Kier alpha value is -3.64. The molecule has 6 nitrogen and oxygen atoms in total. The molecule has 1 N–H and O–H groups in total. The van der Waals surface area contributed by atoms with Crippen LogP contribution in [0.25, 0.3) is 16.8 Å². The molecule has 0 unspecified atom stereocenters. The third kappa shape index (κ3) is 4.02. The highest BCUT2D eigenvalue weighted by molar-refractivity contribution is 6.39. The Balaban J connectivity index is 1.84. The number of rotatable bonds is 5. The van der Waals surface area contributed by atoms with Gasteiger partial charge in [0.25, 0.3) is 11.8 Å². The molecular formula is C24H19ClN2O4. The Kier molecular flexibility index (Phi) is 5.73. The van der Waals surface area contributed by atoms with Crippen LogP contribution in [0.15, 0.2) is 66.2 Å². The lowest BCUT2D eigenvalue weighted by Gasteiger charge is -2.26. The van der Waals surface area contributed by atoms with E-state index in [2.05, 4.69) is 5.32 Å². The quantitative estimate of drug-likeness (QED) is 0.455. The molecule has 4 amide bonds. The number of halogens is 1. The van der Waals surface area contributed by atoms with Crippen LogP contribution in [0.5, 0.6) is 5.75 Å². The average molecular weight is 435 g/mol. The summed E-state index contributed by atoms with van der Waals surface area (Å²) in [6, 6.07) is 16.8. The first-order valence-corrected chi connectivity index (χ1v) is 10.2. The number of nitrogens with one attached hydrogen (secondary N) is 1. The van der Waals surface area contributed by atoms with Crippen LogP contribution in [-0.2, 0) is 9.59 Å². The molecule has 0 aromatic heterocycles. The van der Waals surface area contributed by atoms with Crippen molar-refractivity contribution in [1.82, 2.24) is 5.32 Å². The van der Waals surface area contributed by atoms with Gasteiger partial charge in [-0.05, 0) is 53.6 Å². The summed E-state index contributed by atoms with van der Waals surface area (Å²) in [5.41, 5.74) is 0.758. The van der Waals surface area contributed by atoms with Crippen molar-refractivity contribution in [2.75, 3.05) is 11.5 Å². The van der Waals surface area contributed by atoms with Gasteiger partial charge in [-0.3, -0.25) is 14.9 Å². The van der Waals surface area contributed by atoms with Crippen LogP contribution in [0.4, 0.5) is 10.5 Å². The summed E-state index contributed by atoms with van der Waals surface area (Å²) in [6.07, 6.45) is 2.29. The lowest BCUT2D eigenvalue weighted by molar-refractivity contribution is -0.122. The van der Waals surface area contributed by atoms with Crippen molar-refractivity contribution in [2.24, 2.45) is 0 Å². The van der Waals surface area contributed by atoms with Crippen molar-refractivity contribution in [2.45, 2.75) is 13.3 Å². The minimum absolute atomic E-state index is 0.160. The number of nitrogens with zero attached hydrogens (tertiary/aromatic N) is 1. The molecule has 0 atom stereocenters. The van der Waals surface area contributed by atoms with Gasteiger partial charge in [-0.25, -0.2) is 9.69 Å². The van der Waals surface area contributed by atoms with E-state index in [1.807, 2.05) is 43.3 Å². The van der Waals surface area contributed by atoms with Crippen LogP contribution in [-0.4, -0.2) is 24.5 Å². The second-order valence-electron chi connectivity index (χ2n) is 6.98. The van der Waals surface area contributed by atoms with Crippen LogP contribution < -0.4 is 15.0 Å². The van der Waals surface area contributed by atoms with Gasteiger partial charge in [0, 0.05) is 10.6 Å². The molecular weight excluding hydrogens is 416 g/mol. The van der Waals surface area contributed by atoms with E-state index in [9.17, 15) is 14.4 Å². The van der Waals surface area contributed by atoms with E-state index in [4.69, 9.17) is 16.3 Å². The largest absolute Gasteiger partial charge is 0.493 e. The second kappa shape index (κ2) is 8.62. The Morgan fingerprint density at radius 2 is 1.74 bits per heavy atom. The Labute approximate surface area is 184 Å². The van der Waals surface area contributed by atoms with Crippen molar-refractivity contribution < 1.29 is 19.1 Å². The zero-order chi connectivity index (χ0) is 22.0.